The van der Waals surface area contributed by atoms with Crippen molar-refractivity contribution in [1.29, 1.82) is 0 Å². The van der Waals surface area contributed by atoms with Crippen molar-refractivity contribution in [2.24, 2.45) is 0 Å². The molecule has 0 saturated carbocycles. The van der Waals surface area contributed by atoms with Crippen LogP contribution in [0.5, 0.6) is 0 Å². The summed E-state index contributed by atoms with van der Waals surface area (Å²) in [6.07, 6.45) is 0. The monoisotopic (exact) mass is 179 g/mol. The van der Waals surface area contributed by atoms with E-state index in [0.29, 0.717) is 18.1 Å². The zero-order valence-corrected chi connectivity index (χ0v) is 7.46. The predicted octanol–water partition coefficient (Wildman–Crippen LogP) is 0.898. The first-order chi connectivity index (χ1) is 6.22. The van der Waals surface area contributed by atoms with Crippen LogP contribution < -0.4 is 0 Å². The first kappa shape index (κ1) is 9.33. The van der Waals surface area contributed by atoms with Gasteiger partial charge in [-0.1, -0.05) is 5.16 Å². The van der Waals surface area contributed by atoms with Gasteiger partial charge in [0.25, 0.3) is 0 Å². The fourth-order valence-corrected chi connectivity index (χ4v) is 0.708. The molecule has 0 unspecified atom stereocenters. The smallest absolute Gasteiger partial charge is 0.384 e. The summed E-state index contributed by atoms with van der Waals surface area (Å²) in [7, 11) is 0. The highest BCUT2D eigenvalue weighted by molar-refractivity contribution is 5.88. The second kappa shape index (κ2) is 4.31. The van der Waals surface area contributed by atoms with Crippen molar-refractivity contribution in [3.05, 3.63) is 17.5 Å². The highest BCUT2D eigenvalue weighted by atomic mass is 16.5. The van der Waals surface area contributed by atoms with Crippen LogP contribution in [0.25, 0.3) is 0 Å². The Bertz CT molecular complexity index is 356. The van der Waals surface area contributed by atoms with Crippen molar-refractivity contribution in [2.45, 2.75) is 13.8 Å². The van der Waals surface area contributed by atoms with E-state index in [4.69, 9.17) is 4.52 Å². The van der Waals surface area contributed by atoms with E-state index in [0.717, 1.165) is 0 Å². The second-order valence-corrected chi connectivity index (χ2v) is 2.29. The molecule has 0 saturated heterocycles. The van der Waals surface area contributed by atoms with Crippen molar-refractivity contribution >= 4 is 5.97 Å². The molecule has 0 bridgehead atoms. The molecule has 0 aliphatic rings. The number of aryl methyl sites for hydroxylation is 1. The third kappa shape index (κ3) is 2.99. The molecule has 0 atom stereocenters. The summed E-state index contributed by atoms with van der Waals surface area (Å²) < 4.78 is 9.35. The Balaban J connectivity index is 2.62. The molecule has 0 fully saturated rings. The van der Waals surface area contributed by atoms with Crippen molar-refractivity contribution in [2.75, 3.05) is 6.61 Å². The lowest BCUT2D eigenvalue weighted by Crippen LogP contribution is -1.99. The second-order valence-electron chi connectivity index (χ2n) is 2.29. The zero-order chi connectivity index (χ0) is 9.68. The quantitative estimate of drug-likeness (QED) is 0.474. The standard InChI is InChI=1S/C9H9NO3/c1-3-12-9(11)5-4-8-6-7(2)13-10-8/h6H,3H2,1-2H3. The predicted molar refractivity (Wildman–Crippen MR) is 44.8 cm³/mol. The number of ether oxygens (including phenoxy) is 1. The van der Waals surface area contributed by atoms with Crippen molar-refractivity contribution in [3.8, 4) is 11.8 Å². The normalized spacial score (nSPS) is 8.77. The van der Waals surface area contributed by atoms with E-state index < -0.39 is 5.97 Å². The van der Waals surface area contributed by atoms with Crippen molar-refractivity contribution < 1.29 is 14.1 Å². The van der Waals surface area contributed by atoms with Gasteiger partial charge in [0.1, 0.15) is 5.76 Å². The maximum atomic E-state index is 10.8. The topological polar surface area (TPSA) is 52.3 Å². The number of hydrogen-bond acceptors (Lipinski definition) is 4. The minimum absolute atomic E-state index is 0.325. The maximum absolute atomic E-state index is 10.8. The summed E-state index contributed by atoms with van der Waals surface area (Å²) in [5.41, 5.74) is 0.436. The third-order valence-electron chi connectivity index (χ3n) is 1.20. The minimum Gasteiger partial charge on any atom is -0.456 e. The molecule has 0 aliphatic heterocycles. The van der Waals surface area contributed by atoms with Crippen LogP contribution in [0.15, 0.2) is 10.6 Å². The summed E-state index contributed by atoms with van der Waals surface area (Å²) in [4.78, 5) is 10.8. The van der Waals surface area contributed by atoms with Gasteiger partial charge in [-0.25, -0.2) is 4.79 Å². The number of nitrogens with zero attached hydrogens (tertiary/aromatic N) is 1. The molecule has 1 rings (SSSR count). The van der Waals surface area contributed by atoms with Gasteiger partial charge in [0, 0.05) is 12.0 Å². The van der Waals surface area contributed by atoms with E-state index in [9.17, 15) is 4.79 Å². The van der Waals surface area contributed by atoms with Crippen LogP contribution in [-0.4, -0.2) is 17.7 Å². The van der Waals surface area contributed by atoms with Gasteiger partial charge >= 0.3 is 5.97 Å². The fourth-order valence-electron chi connectivity index (χ4n) is 0.708. The number of carbonyl (C=O) groups excluding carboxylic acids is 1. The molecule has 0 N–H and O–H groups in total. The van der Waals surface area contributed by atoms with Crippen LogP contribution in [0.3, 0.4) is 0 Å². The van der Waals surface area contributed by atoms with Crippen LogP contribution in [0, 0.1) is 18.8 Å². The lowest BCUT2D eigenvalue weighted by molar-refractivity contribution is -0.136. The van der Waals surface area contributed by atoms with Crippen LogP contribution >= 0.6 is 0 Å². The SMILES string of the molecule is CCOC(=O)C#Cc1cc(C)on1. The lowest BCUT2D eigenvalue weighted by Gasteiger charge is -1.89. The van der Waals surface area contributed by atoms with Gasteiger partial charge in [-0.3, -0.25) is 0 Å². The lowest BCUT2D eigenvalue weighted by atomic mass is 10.4. The Hall–Kier alpha value is -1.76. The van der Waals surface area contributed by atoms with Gasteiger partial charge in [0.15, 0.2) is 5.69 Å². The largest absolute Gasteiger partial charge is 0.456 e. The molecule has 1 aromatic rings. The van der Waals surface area contributed by atoms with Gasteiger partial charge in [0.2, 0.25) is 0 Å². The first-order valence-corrected chi connectivity index (χ1v) is 3.84. The van der Waals surface area contributed by atoms with E-state index in [1.807, 2.05) is 0 Å². The molecule has 1 aromatic heterocycles. The van der Waals surface area contributed by atoms with Gasteiger partial charge < -0.3 is 9.26 Å². The van der Waals surface area contributed by atoms with Gasteiger partial charge in [-0.2, -0.15) is 0 Å². The fraction of sp³-hybridized carbons (Fsp3) is 0.333. The number of aromatic nitrogens is 1. The molecule has 13 heavy (non-hydrogen) atoms. The highest BCUT2D eigenvalue weighted by Gasteiger charge is 1.96. The molecule has 4 heteroatoms. The van der Waals surface area contributed by atoms with Crippen LogP contribution in [-0.2, 0) is 9.53 Å². The Morgan fingerprint density at radius 2 is 2.54 bits per heavy atom. The third-order valence-corrected chi connectivity index (χ3v) is 1.20. The van der Waals surface area contributed by atoms with Gasteiger partial charge in [0.05, 0.1) is 6.61 Å². The summed E-state index contributed by atoms with van der Waals surface area (Å²) in [5, 5.41) is 3.59. The van der Waals surface area contributed by atoms with Crippen LogP contribution in [0.2, 0.25) is 0 Å². The molecule has 0 aliphatic carbocycles. The summed E-state index contributed by atoms with van der Waals surface area (Å²) in [6, 6.07) is 1.65. The molecular formula is C9H9NO3. The zero-order valence-electron chi connectivity index (χ0n) is 7.46. The number of rotatable bonds is 1. The number of esters is 1. The van der Waals surface area contributed by atoms with E-state index in [-0.39, 0.29) is 0 Å². The Labute approximate surface area is 75.9 Å². The Kier molecular flexibility index (Phi) is 3.09. The molecular weight excluding hydrogens is 170 g/mol. The van der Waals surface area contributed by atoms with E-state index in [1.54, 1.807) is 19.9 Å². The summed E-state index contributed by atoms with van der Waals surface area (Å²) in [6.45, 7) is 3.80. The van der Waals surface area contributed by atoms with E-state index in [1.165, 1.54) is 0 Å². The molecule has 0 amide bonds. The van der Waals surface area contributed by atoms with Gasteiger partial charge in [-0.05, 0) is 19.8 Å². The number of carbonyl (C=O) groups is 1. The molecule has 0 radical (unpaired) electrons. The van der Waals surface area contributed by atoms with Crippen molar-refractivity contribution in [1.82, 2.24) is 5.16 Å². The Morgan fingerprint density at radius 3 is 3.08 bits per heavy atom. The molecule has 4 nitrogen and oxygen atoms in total. The molecule has 0 aromatic carbocycles. The number of hydrogen-bond donors (Lipinski definition) is 0. The maximum Gasteiger partial charge on any atom is 0.384 e. The Morgan fingerprint density at radius 1 is 1.77 bits per heavy atom. The average Bonchev–Trinajstić information content (AvgIpc) is 2.49. The van der Waals surface area contributed by atoms with Crippen LogP contribution in [0.4, 0.5) is 0 Å². The first-order valence-electron chi connectivity index (χ1n) is 3.84. The van der Waals surface area contributed by atoms with E-state index in [2.05, 4.69) is 21.7 Å². The molecule has 68 valence electrons. The average molecular weight is 179 g/mol. The molecule has 0 spiro atoms. The summed E-state index contributed by atoms with van der Waals surface area (Å²) >= 11 is 0. The van der Waals surface area contributed by atoms with Crippen LogP contribution in [0.1, 0.15) is 18.4 Å². The van der Waals surface area contributed by atoms with Gasteiger partial charge in [-0.15, -0.1) is 0 Å². The molecule has 1 heterocycles. The summed E-state index contributed by atoms with van der Waals surface area (Å²) in [5.74, 6) is 4.91. The highest BCUT2D eigenvalue weighted by Crippen LogP contribution is 1.98. The minimum atomic E-state index is -0.553. The van der Waals surface area contributed by atoms with E-state index >= 15 is 0 Å². The van der Waals surface area contributed by atoms with Crippen molar-refractivity contribution in [3.63, 3.8) is 0 Å².